The van der Waals surface area contributed by atoms with Crippen molar-refractivity contribution in [2.24, 2.45) is 5.73 Å². The summed E-state index contributed by atoms with van der Waals surface area (Å²) in [4.78, 5) is 9.71. The van der Waals surface area contributed by atoms with Gasteiger partial charge in [0.2, 0.25) is 0 Å². The molecule has 0 aliphatic heterocycles. The Balaban J connectivity index is 0. The summed E-state index contributed by atoms with van der Waals surface area (Å²) < 4.78 is 3.41. The van der Waals surface area contributed by atoms with Gasteiger partial charge in [-0.2, -0.15) is 0 Å². The molecule has 0 spiro atoms. The molecule has 3 nitrogen and oxygen atoms in total. The van der Waals surface area contributed by atoms with Crippen LogP contribution in [0, 0.1) is 0 Å². The van der Waals surface area contributed by atoms with E-state index in [1.807, 2.05) is 0 Å². The zero-order valence-electron chi connectivity index (χ0n) is 3.37. The number of thiol groups is 2. The monoisotopic (exact) mass is 179 g/mol. The number of rotatable bonds is 1. The van der Waals surface area contributed by atoms with E-state index in [4.69, 9.17) is 0 Å². The zero-order chi connectivity index (χ0) is 5.86. The van der Waals surface area contributed by atoms with Gasteiger partial charge in [0.15, 0.2) is 4.77 Å². The predicted octanol–water partition coefficient (Wildman–Crippen LogP) is -0.424. The molecule has 8 heavy (non-hydrogen) atoms. The van der Waals surface area contributed by atoms with Gasteiger partial charge in [0.1, 0.15) is 0 Å². The van der Waals surface area contributed by atoms with Gasteiger partial charge >= 0.3 is 57.5 Å². The minimum atomic E-state index is -0.866. The van der Waals surface area contributed by atoms with E-state index in [1.165, 1.54) is 0 Å². The van der Waals surface area contributed by atoms with Crippen molar-refractivity contribution in [2.45, 2.75) is 4.77 Å². The minimum absolute atomic E-state index is 0. The second-order valence-corrected chi connectivity index (χ2v) is 2.11. The number of hydrogen-bond donors (Lipinski definition) is 3. The average Bonchev–Trinajstić information content (AvgIpc) is 1.27. The van der Waals surface area contributed by atoms with Gasteiger partial charge < -0.3 is 10.5 Å². The maximum absolute atomic E-state index is 9.71. The Labute approximate surface area is 101 Å². The first-order valence-corrected chi connectivity index (χ1v) is 2.48. The van der Waals surface area contributed by atoms with Crippen LogP contribution >= 0.6 is 25.3 Å². The summed E-state index contributed by atoms with van der Waals surface area (Å²) in [6.07, 6.45) is -0.866. The molecule has 0 aromatic rings. The Hall–Kier alpha value is 1.61. The summed E-state index contributed by atoms with van der Waals surface area (Å²) in [5.41, 5.74) is 4.53. The molecule has 0 unspecified atom stereocenters. The third kappa shape index (κ3) is 10.6. The SMILES string of the molecule is NC(=O)OC(S)S.[KH]. The van der Waals surface area contributed by atoms with Crippen LogP contribution in [0.2, 0.25) is 0 Å². The molecule has 6 heteroatoms. The summed E-state index contributed by atoms with van der Waals surface area (Å²) in [7, 11) is 0. The zero-order valence-corrected chi connectivity index (χ0v) is 5.15. The Bertz CT molecular complexity index is 78.4. The molecule has 0 atom stereocenters. The van der Waals surface area contributed by atoms with Crippen molar-refractivity contribution in [2.75, 3.05) is 0 Å². The van der Waals surface area contributed by atoms with E-state index in [0.29, 0.717) is 0 Å². The van der Waals surface area contributed by atoms with Crippen molar-refractivity contribution >= 4 is 82.7 Å². The first-order valence-electron chi connectivity index (χ1n) is 1.45. The van der Waals surface area contributed by atoms with Gasteiger partial charge in [-0.3, -0.25) is 0 Å². The van der Waals surface area contributed by atoms with Gasteiger partial charge in [-0.25, -0.2) is 4.79 Å². The third-order valence-electron chi connectivity index (χ3n) is 0.222. The van der Waals surface area contributed by atoms with Crippen LogP contribution in [-0.2, 0) is 4.74 Å². The van der Waals surface area contributed by atoms with E-state index in [1.54, 1.807) is 0 Å². The molecule has 0 rings (SSSR count). The molecular weight excluding hydrogens is 173 g/mol. The second kappa shape index (κ2) is 6.72. The normalized spacial score (nSPS) is 7.88. The van der Waals surface area contributed by atoms with E-state index in [9.17, 15) is 4.79 Å². The van der Waals surface area contributed by atoms with Crippen LogP contribution in [0.5, 0.6) is 0 Å². The number of nitrogens with two attached hydrogens (primary N) is 1. The van der Waals surface area contributed by atoms with E-state index < -0.39 is 10.9 Å². The van der Waals surface area contributed by atoms with Crippen molar-refractivity contribution in [1.29, 1.82) is 0 Å². The molecule has 0 saturated heterocycles. The van der Waals surface area contributed by atoms with Crippen molar-refractivity contribution in [3.05, 3.63) is 0 Å². The Morgan fingerprint density at radius 3 is 2.00 bits per heavy atom. The number of carbonyl (C=O) groups is 1. The molecule has 0 aliphatic carbocycles. The van der Waals surface area contributed by atoms with Crippen LogP contribution in [0.4, 0.5) is 4.79 Å². The number of carbonyl (C=O) groups excluding carboxylic acids is 1. The fourth-order valence-corrected chi connectivity index (χ4v) is 0.312. The average molecular weight is 179 g/mol. The summed E-state index contributed by atoms with van der Waals surface area (Å²) in [5.74, 6) is 0. The fourth-order valence-electron chi connectivity index (χ4n) is 0.104. The molecule has 0 bridgehead atoms. The molecular formula is C2H6KNO2S2. The van der Waals surface area contributed by atoms with E-state index >= 15 is 0 Å². The summed E-state index contributed by atoms with van der Waals surface area (Å²) in [6.45, 7) is 0. The van der Waals surface area contributed by atoms with Crippen LogP contribution in [-0.4, -0.2) is 62.2 Å². The third-order valence-corrected chi connectivity index (χ3v) is 0.432. The topological polar surface area (TPSA) is 52.3 Å². The molecule has 0 saturated carbocycles. The molecule has 0 radical (unpaired) electrons. The van der Waals surface area contributed by atoms with E-state index in [0.717, 1.165) is 0 Å². The van der Waals surface area contributed by atoms with E-state index in [2.05, 4.69) is 35.7 Å². The Morgan fingerprint density at radius 1 is 1.62 bits per heavy atom. The molecule has 0 aliphatic rings. The number of amides is 1. The molecule has 0 aromatic carbocycles. The van der Waals surface area contributed by atoms with Crippen LogP contribution in [0.1, 0.15) is 0 Å². The first kappa shape index (κ1) is 12.3. The second-order valence-electron chi connectivity index (χ2n) is 0.763. The van der Waals surface area contributed by atoms with Crippen LogP contribution in [0.15, 0.2) is 0 Å². The van der Waals surface area contributed by atoms with Crippen molar-refractivity contribution in [3.8, 4) is 0 Å². The van der Waals surface area contributed by atoms with Crippen LogP contribution < -0.4 is 5.73 Å². The molecule has 0 aromatic heterocycles. The van der Waals surface area contributed by atoms with Crippen molar-refractivity contribution < 1.29 is 9.53 Å². The van der Waals surface area contributed by atoms with Gasteiger partial charge in [0.05, 0.1) is 0 Å². The van der Waals surface area contributed by atoms with Crippen LogP contribution in [0.3, 0.4) is 0 Å². The number of hydrogen-bond acceptors (Lipinski definition) is 4. The van der Waals surface area contributed by atoms with Crippen LogP contribution in [0.25, 0.3) is 0 Å². The van der Waals surface area contributed by atoms with E-state index in [-0.39, 0.29) is 51.4 Å². The van der Waals surface area contributed by atoms with Gasteiger partial charge in [-0.15, -0.1) is 25.3 Å². The standard InChI is InChI=1S/C2H5NO2S2.K.H/c3-1(4)5-2(6)7;;/h2,6-7H,(H2,3,4);;. The Kier molecular flexibility index (Phi) is 10.3. The summed E-state index contributed by atoms with van der Waals surface area (Å²) in [6, 6.07) is 0. The molecule has 0 heterocycles. The van der Waals surface area contributed by atoms with Crippen molar-refractivity contribution in [1.82, 2.24) is 0 Å². The molecule has 44 valence electrons. The summed E-state index contributed by atoms with van der Waals surface area (Å²) in [5, 5.41) is 0. The fraction of sp³-hybridized carbons (Fsp3) is 0.500. The summed E-state index contributed by atoms with van der Waals surface area (Å²) >= 11 is 7.16. The predicted molar refractivity (Wildman–Crippen MR) is 39.6 cm³/mol. The van der Waals surface area contributed by atoms with Gasteiger partial charge in [-0.05, 0) is 0 Å². The van der Waals surface area contributed by atoms with Gasteiger partial charge in [-0.1, -0.05) is 0 Å². The number of primary amides is 1. The quantitative estimate of drug-likeness (QED) is 0.291. The molecule has 1 amide bonds. The molecule has 2 N–H and O–H groups in total. The van der Waals surface area contributed by atoms with Gasteiger partial charge in [0, 0.05) is 0 Å². The Morgan fingerprint density at radius 2 is 2.00 bits per heavy atom. The number of ether oxygens (including phenoxy) is 1. The van der Waals surface area contributed by atoms with Gasteiger partial charge in [0.25, 0.3) is 0 Å². The van der Waals surface area contributed by atoms with Crippen molar-refractivity contribution in [3.63, 3.8) is 0 Å². The maximum atomic E-state index is 9.71. The first-order chi connectivity index (χ1) is 3.13. The molecule has 0 fully saturated rings.